The lowest BCUT2D eigenvalue weighted by Gasteiger charge is -2.22. The Balaban J connectivity index is 2.10. The molecule has 94 valence electrons. The second kappa shape index (κ2) is 5.14. The largest absolute Gasteiger partial charge is 0.316 e. The fourth-order valence-corrected chi connectivity index (χ4v) is 3.66. The second-order valence-electron chi connectivity index (χ2n) is 4.67. The van der Waals surface area contributed by atoms with Crippen LogP contribution in [-0.4, -0.2) is 32.2 Å². The summed E-state index contributed by atoms with van der Waals surface area (Å²) in [5.74, 6) is 0.424. The molecular formula is C12H18N2O2S. The van der Waals surface area contributed by atoms with E-state index in [1.54, 1.807) is 18.3 Å². The number of hydrogen-bond acceptors (Lipinski definition) is 4. The summed E-state index contributed by atoms with van der Waals surface area (Å²) < 4.78 is 24.2. The van der Waals surface area contributed by atoms with Crippen LogP contribution in [0.15, 0.2) is 23.4 Å². The van der Waals surface area contributed by atoms with Gasteiger partial charge in [-0.2, -0.15) is 0 Å². The smallest absolute Gasteiger partial charge is 0.195 e. The van der Waals surface area contributed by atoms with E-state index in [1.165, 1.54) is 0 Å². The third kappa shape index (κ3) is 3.26. The third-order valence-electron chi connectivity index (χ3n) is 3.06. The summed E-state index contributed by atoms with van der Waals surface area (Å²) in [6.45, 7) is 3.69. The molecule has 0 unspecified atom stereocenters. The SMILES string of the molecule is Cc1ccc(S(=O)(=O)C[C@@H]2CCCNC2)nc1. The fourth-order valence-electron chi connectivity index (χ4n) is 2.10. The van der Waals surface area contributed by atoms with Crippen molar-refractivity contribution in [3.63, 3.8) is 0 Å². The zero-order valence-electron chi connectivity index (χ0n) is 10.0. The van der Waals surface area contributed by atoms with Gasteiger partial charge >= 0.3 is 0 Å². The Morgan fingerprint density at radius 1 is 1.47 bits per heavy atom. The van der Waals surface area contributed by atoms with Gasteiger partial charge in [0.05, 0.1) is 5.75 Å². The van der Waals surface area contributed by atoms with Gasteiger partial charge in [-0.1, -0.05) is 6.07 Å². The van der Waals surface area contributed by atoms with Crippen LogP contribution in [0.2, 0.25) is 0 Å². The van der Waals surface area contributed by atoms with Crippen molar-refractivity contribution >= 4 is 9.84 Å². The molecule has 0 radical (unpaired) electrons. The first-order valence-corrected chi connectivity index (χ1v) is 7.59. The highest BCUT2D eigenvalue weighted by molar-refractivity contribution is 7.91. The van der Waals surface area contributed by atoms with Crippen molar-refractivity contribution in [1.82, 2.24) is 10.3 Å². The molecular weight excluding hydrogens is 236 g/mol. The number of aryl methyl sites for hydroxylation is 1. The van der Waals surface area contributed by atoms with Crippen LogP contribution >= 0.6 is 0 Å². The highest BCUT2D eigenvalue weighted by atomic mass is 32.2. The molecule has 17 heavy (non-hydrogen) atoms. The molecule has 1 aromatic heterocycles. The van der Waals surface area contributed by atoms with Gasteiger partial charge in [-0.15, -0.1) is 0 Å². The van der Waals surface area contributed by atoms with E-state index < -0.39 is 9.84 Å². The first-order valence-electron chi connectivity index (χ1n) is 5.94. The number of hydrogen-bond donors (Lipinski definition) is 1. The number of nitrogens with one attached hydrogen (secondary N) is 1. The van der Waals surface area contributed by atoms with Gasteiger partial charge in [-0.3, -0.25) is 0 Å². The van der Waals surface area contributed by atoms with Crippen LogP contribution in [0.3, 0.4) is 0 Å². The molecule has 0 aromatic carbocycles. The molecule has 0 amide bonds. The molecule has 1 atom stereocenters. The lowest BCUT2D eigenvalue weighted by molar-refractivity contribution is 0.403. The molecule has 4 nitrogen and oxygen atoms in total. The Labute approximate surface area is 102 Å². The number of rotatable bonds is 3. The summed E-state index contributed by atoms with van der Waals surface area (Å²) in [4.78, 5) is 4.01. The van der Waals surface area contributed by atoms with Crippen molar-refractivity contribution in [3.05, 3.63) is 23.9 Å². The Morgan fingerprint density at radius 3 is 2.88 bits per heavy atom. The average Bonchev–Trinajstić information content (AvgIpc) is 2.30. The zero-order valence-corrected chi connectivity index (χ0v) is 10.8. The van der Waals surface area contributed by atoms with E-state index >= 15 is 0 Å². The van der Waals surface area contributed by atoms with Crippen molar-refractivity contribution in [2.24, 2.45) is 5.92 Å². The summed E-state index contributed by atoms with van der Waals surface area (Å²) >= 11 is 0. The second-order valence-corrected chi connectivity index (χ2v) is 6.65. The Hall–Kier alpha value is -0.940. The van der Waals surface area contributed by atoms with Crippen molar-refractivity contribution in [3.8, 4) is 0 Å². The number of aromatic nitrogens is 1. The lowest BCUT2D eigenvalue weighted by atomic mass is 10.0. The standard InChI is InChI=1S/C12H18N2O2S/c1-10-4-5-12(14-7-10)17(15,16)9-11-3-2-6-13-8-11/h4-5,7,11,13H,2-3,6,8-9H2,1H3/t11-/m1/s1. The molecule has 1 saturated heterocycles. The van der Waals surface area contributed by atoms with Crippen LogP contribution in [0.4, 0.5) is 0 Å². The van der Waals surface area contributed by atoms with E-state index in [2.05, 4.69) is 10.3 Å². The number of sulfone groups is 1. The van der Waals surface area contributed by atoms with Crippen LogP contribution in [0.5, 0.6) is 0 Å². The van der Waals surface area contributed by atoms with Crippen LogP contribution < -0.4 is 5.32 Å². The molecule has 2 heterocycles. The molecule has 5 heteroatoms. The summed E-state index contributed by atoms with van der Waals surface area (Å²) in [5, 5.41) is 3.44. The van der Waals surface area contributed by atoms with Gasteiger partial charge in [0.1, 0.15) is 0 Å². The van der Waals surface area contributed by atoms with E-state index in [-0.39, 0.29) is 16.7 Å². The quantitative estimate of drug-likeness (QED) is 0.879. The Bertz CT molecular complexity index is 462. The predicted molar refractivity (Wildman–Crippen MR) is 66.6 cm³/mol. The third-order valence-corrected chi connectivity index (χ3v) is 4.85. The molecule has 1 aliphatic heterocycles. The minimum Gasteiger partial charge on any atom is -0.316 e. The maximum absolute atomic E-state index is 12.1. The first-order chi connectivity index (χ1) is 8.08. The van der Waals surface area contributed by atoms with E-state index in [1.807, 2.05) is 6.92 Å². The van der Waals surface area contributed by atoms with Gasteiger partial charge in [-0.05, 0) is 50.4 Å². The van der Waals surface area contributed by atoms with Gasteiger partial charge in [0.15, 0.2) is 14.9 Å². The van der Waals surface area contributed by atoms with Gasteiger partial charge < -0.3 is 5.32 Å². The molecule has 1 aromatic rings. The molecule has 0 saturated carbocycles. The number of nitrogens with zero attached hydrogens (tertiary/aromatic N) is 1. The maximum Gasteiger partial charge on any atom is 0.195 e. The molecule has 0 bridgehead atoms. The average molecular weight is 254 g/mol. The minimum atomic E-state index is -3.23. The lowest BCUT2D eigenvalue weighted by Crippen LogP contribution is -2.33. The molecule has 1 fully saturated rings. The molecule has 2 rings (SSSR count). The number of piperidine rings is 1. The first kappa shape index (κ1) is 12.5. The topological polar surface area (TPSA) is 59.1 Å². The van der Waals surface area contributed by atoms with Crippen LogP contribution in [0.1, 0.15) is 18.4 Å². The monoisotopic (exact) mass is 254 g/mol. The van der Waals surface area contributed by atoms with Crippen molar-refractivity contribution in [2.45, 2.75) is 24.8 Å². The molecule has 1 aliphatic rings. The van der Waals surface area contributed by atoms with Crippen molar-refractivity contribution in [1.29, 1.82) is 0 Å². The van der Waals surface area contributed by atoms with Crippen molar-refractivity contribution in [2.75, 3.05) is 18.8 Å². The van der Waals surface area contributed by atoms with Crippen LogP contribution in [0.25, 0.3) is 0 Å². The van der Waals surface area contributed by atoms with E-state index in [4.69, 9.17) is 0 Å². The van der Waals surface area contributed by atoms with Gasteiger partial charge in [0.2, 0.25) is 0 Å². The van der Waals surface area contributed by atoms with Crippen molar-refractivity contribution < 1.29 is 8.42 Å². The summed E-state index contributed by atoms with van der Waals surface area (Å²) in [7, 11) is -3.23. The molecule has 1 N–H and O–H groups in total. The highest BCUT2D eigenvalue weighted by Crippen LogP contribution is 2.17. The maximum atomic E-state index is 12.1. The minimum absolute atomic E-state index is 0.202. The Morgan fingerprint density at radius 2 is 2.29 bits per heavy atom. The van der Waals surface area contributed by atoms with E-state index in [9.17, 15) is 8.42 Å². The Kier molecular flexibility index (Phi) is 3.79. The van der Waals surface area contributed by atoms with Gasteiger partial charge in [0, 0.05) is 6.20 Å². The van der Waals surface area contributed by atoms with E-state index in [0.29, 0.717) is 0 Å². The highest BCUT2D eigenvalue weighted by Gasteiger charge is 2.23. The predicted octanol–water partition coefficient (Wildman–Crippen LogP) is 1.16. The van der Waals surface area contributed by atoms with Crippen LogP contribution in [-0.2, 0) is 9.84 Å². The van der Waals surface area contributed by atoms with E-state index in [0.717, 1.165) is 31.5 Å². The molecule has 0 spiro atoms. The zero-order chi connectivity index (χ0) is 12.3. The van der Waals surface area contributed by atoms with Gasteiger partial charge in [-0.25, -0.2) is 13.4 Å². The summed E-state index contributed by atoms with van der Waals surface area (Å²) in [5.41, 5.74) is 0.975. The summed E-state index contributed by atoms with van der Waals surface area (Å²) in [6, 6.07) is 3.39. The van der Waals surface area contributed by atoms with Crippen LogP contribution in [0, 0.1) is 12.8 Å². The number of pyridine rings is 1. The normalized spacial score (nSPS) is 21.4. The molecule has 0 aliphatic carbocycles. The fraction of sp³-hybridized carbons (Fsp3) is 0.583. The summed E-state index contributed by atoms with van der Waals surface area (Å²) in [6.07, 6.45) is 3.64. The van der Waals surface area contributed by atoms with Gasteiger partial charge in [0.25, 0.3) is 0 Å².